The molecule has 1 saturated heterocycles. The van der Waals surface area contributed by atoms with Gasteiger partial charge in [-0.05, 0) is 84.4 Å². The zero-order valence-electron chi connectivity index (χ0n) is 23.4. The molecule has 0 aliphatic carbocycles. The molecule has 0 radical (unpaired) electrons. The third-order valence-electron chi connectivity index (χ3n) is 7.62. The lowest BCUT2D eigenvalue weighted by Crippen LogP contribution is -2.41. The number of aliphatic hydroxyl groups excluding tert-OH is 1. The molecule has 208 valence electrons. The van der Waals surface area contributed by atoms with Crippen LogP contribution in [0.3, 0.4) is 0 Å². The van der Waals surface area contributed by atoms with Crippen LogP contribution in [0.15, 0.2) is 60.7 Å². The summed E-state index contributed by atoms with van der Waals surface area (Å²) in [7, 11) is 5.01. The number of carbonyl (C=O) groups is 1. The van der Waals surface area contributed by atoms with Gasteiger partial charge in [-0.1, -0.05) is 44.2 Å². The van der Waals surface area contributed by atoms with E-state index < -0.39 is 12.1 Å². The Morgan fingerprint density at radius 1 is 1.08 bits per heavy atom. The summed E-state index contributed by atoms with van der Waals surface area (Å²) in [6.45, 7) is 5.80. The molecule has 6 nitrogen and oxygen atoms in total. The third kappa shape index (κ3) is 6.60. The summed E-state index contributed by atoms with van der Waals surface area (Å²) in [6.07, 6.45) is 1.08. The number of likely N-dealkylation sites (tertiary alicyclic amines) is 1. The Hall–Kier alpha value is -3.42. The van der Waals surface area contributed by atoms with Gasteiger partial charge in [-0.25, -0.2) is 4.39 Å². The molecular weight excluding hydrogens is 497 g/mol. The number of hydrogen-bond acceptors (Lipinski definition) is 6. The molecule has 39 heavy (non-hydrogen) atoms. The highest BCUT2D eigenvalue weighted by Gasteiger charge is 2.38. The molecule has 7 heteroatoms. The molecule has 0 bridgehead atoms. The molecule has 1 aliphatic rings. The van der Waals surface area contributed by atoms with Crippen LogP contribution in [0.5, 0.6) is 11.5 Å². The van der Waals surface area contributed by atoms with E-state index in [1.807, 2.05) is 18.2 Å². The largest absolute Gasteiger partial charge is 0.497 e. The lowest BCUT2D eigenvalue weighted by Gasteiger charge is -2.46. The monoisotopic (exact) mass is 535 g/mol. The molecule has 1 unspecified atom stereocenters. The van der Waals surface area contributed by atoms with Crippen molar-refractivity contribution in [2.24, 2.45) is 5.41 Å². The number of ether oxygens (including phenoxy) is 3. The fraction of sp³-hybridized carbons (Fsp3) is 0.406. The summed E-state index contributed by atoms with van der Waals surface area (Å²) in [5.41, 5.74) is 3.92. The third-order valence-corrected chi connectivity index (χ3v) is 7.62. The fourth-order valence-corrected chi connectivity index (χ4v) is 5.65. The molecule has 4 rings (SSSR count). The standard InChI is InChI=1S/C32H38FNO5/c1-32(2)14-7-15-34(3)31(32)27-16-21(10-12-25(27)26-18-23(37-4)11-13-28(26)33)20-39-24-9-6-8-22(17-24)29(35)19-30(36)38-5/h6,8-13,16-18,29,31,35H,7,14-15,19-20H2,1-5H3/t29-,31?/m1/s1. The number of benzene rings is 3. The van der Waals surface area contributed by atoms with Crippen LogP contribution in [0.1, 0.15) is 61.9 Å². The van der Waals surface area contributed by atoms with Gasteiger partial charge in [0.1, 0.15) is 23.9 Å². The van der Waals surface area contributed by atoms with E-state index in [2.05, 4.69) is 36.6 Å². The van der Waals surface area contributed by atoms with Crippen molar-refractivity contribution in [3.05, 3.63) is 83.2 Å². The normalized spacial score (nSPS) is 17.9. The lowest BCUT2D eigenvalue weighted by molar-refractivity contribution is -0.142. The number of methoxy groups -OCH3 is 2. The van der Waals surface area contributed by atoms with Crippen molar-refractivity contribution in [1.29, 1.82) is 0 Å². The molecule has 1 fully saturated rings. The maximum Gasteiger partial charge on any atom is 0.308 e. The maximum absolute atomic E-state index is 15.2. The zero-order chi connectivity index (χ0) is 28.2. The number of carbonyl (C=O) groups excluding carboxylic acids is 1. The quantitative estimate of drug-likeness (QED) is 0.317. The molecule has 0 saturated carbocycles. The molecule has 0 amide bonds. The topological polar surface area (TPSA) is 68.2 Å². The second-order valence-electron chi connectivity index (χ2n) is 10.9. The first-order valence-corrected chi connectivity index (χ1v) is 13.3. The second kappa shape index (κ2) is 12.2. The average molecular weight is 536 g/mol. The summed E-state index contributed by atoms with van der Waals surface area (Å²) in [6, 6.07) is 18.1. The van der Waals surface area contributed by atoms with Gasteiger partial charge in [0.15, 0.2) is 0 Å². The second-order valence-corrected chi connectivity index (χ2v) is 10.9. The Morgan fingerprint density at radius 2 is 1.87 bits per heavy atom. The van der Waals surface area contributed by atoms with Crippen LogP contribution in [0.4, 0.5) is 4.39 Å². The van der Waals surface area contributed by atoms with Gasteiger partial charge in [0, 0.05) is 11.6 Å². The van der Waals surface area contributed by atoms with Crippen LogP contribution in [0, 0.1) is 11.2 Å². The van der Waals surface area contributed by atoms with Crippen LogP contribution in [-0.2, 0) is 16.1 Å². The molecule has 2 atom stereocenters. The molecule has 0 spiro atoms. The van der Waals surface area contributed by atoms with Crippen molar-refractivity contribution in [3.8, 4) is 22.6 Å². The van der Waals surface area contributed by atoms with Gasteiger partial charge in [-0.15, -0.1) is 0 Å². The van der Waals surface area contributed by atoms with Crippen molar-refractivity contribution in [2.45, 2.75) is 51.9 Å². The summed E-state index contributed by atoms with van der Waals surface area (Å²) in [5, 5.41) is 10.4. The maximum atomic E-state index is 15.2. The number of esters is 1. The van der Waals surface area contributed by atoms with Gasteiger partial charge < -0.3 is 19.3 Å². The van der Waals surface area contributed by atoms with E-state index in [9.17, 15) is 9.90 Å². The van der Waals surface area contributed by atoms with Crippen molar-refractivity contribution < 1.29 is 28.5 Å². The van der Waals surface area contributed by atoms with Crippen LogP contribution in [-0.4, -0.2) is 43.8 Å². The number of rotatable bonds is 9. The van der Waals surface area contributed by atoms with E-state index in [1.54, 1.807) is 37.4 Å². The van der Waals surface area contributed by atoms with Crippen LogP contribution < -0.4 is 9.47 Å². The molecule has 1 aliphatic heterocycles. The Labute approximate surface area is 230 Å². The summed E-state index contributed by atoms with van der Waals surface area (Å²) in [4.78, 5) is 13.9. The van der Waals surface area contributed by atoms with E-state index in [0.717, 1.165) is 36.1 Å². The Balaban J connectivity index is 1.67. The first kappa shape index (κ1) is 28.6. The number of piperidine rings is 1. The Kier molecular flexibility index (Phi) is 8.93. The van der Waals surface area contributed by atoms with Crippen molar-refractivity contribution in [1.82, 2.24) is 4.90 Å². The summed E-state index contributed by atoms with van der Waals surface area (Å²) < 4.78 is 31.3. The number of nitrogens with zero attached hydrogens (tertiary/aromatic N) is 1. The van der Waals surface area contributed by atoms with Crippen LogP contribution >= 0.6 is 0 Å². The van der Waals surface area contributed by atoms with Gasteiger partial charge in [-0.3, -0.25) is 9.69 Å². The lowest BCUT2D eigenvalue weighted by atomic mass is 9.72. The van der Waals surface area contributed by atoms with Crippen molar-refractivity contribution in [3.63, 3.8) is 0 Å². The van der Waals surface area contributed by atoms with Crippen molar-refractivity contribution in [2.75, 3.05) is 27.8 Å². The Morgan fingerprint density at radius 3 is 2.59 bits per heavy atom. The number of hydrogen-bond donors (Lipinski definition) is 1. The highest BCUT2D eigenvalue weighted by atomic mass is 19.1. The van der Waals surface area contributed by atoms with Crippen LogP contribution in [0.2, 0.25) is 0 Å². The van der Waals surface area contributed by atoms with E-state index in [4.69, 9.17) is 9.47 Å². The average Bonchev–Trinajstić information content (AvgIpc) is 2.92. The Bertz CT molecular complexity index is 1310. The van der Waals surface area contributed by atoms with E-state index in [1.165, 1.54) is 13.2 Å². The minimum atomic E-state index is -0.978. The van der Waals surface area contributed by atoms with Gasteiger partial charge in [0.25, 0.3) is 0 Å². The summed E-state index contributed by atoms with van der Waals surface area (Å²) in [5.74, 6) is 0.412. The summed E-state index contributed by atoms with van der Waals surface area (Å²) >= 11 is 0. The molecule has 0 aromatic heterocycles. The molecular formula is C32H38FNO5. The van der Waals surface area contributed by atoms with E-state index in [0.29, 0.717) is 29.2 Å². The van der Waals surface area contributed by atoms with Crippen LogP contribution in [0.25, 0.3) is 11.1 Å². The fourth-order valence-electron chi connectivity index (χ4n) is 5.65. The molecule has 1 N–H and O–H groups in total. The van der Waals surface area contributed by atoms with Crippen molar-refractivity contribution >= 4 is 5.97 Å². The van der Waals surface area contributed by atoms with Gasteiger partial charge in [0.2, 0.25) is 0 Å². The van der Waals surface area contributed by atoms with Gasteiger partial charge >= 0.3 is 5.97 Å². The smallest absolute Gasteiger partial charge is 0.308 e. The first-order valence-electron chi connectivity index (χ1n) is 13.3. The minimum Gasteiger partial charge on any atom is -0.497 e. The van der Waals surface area contributed by atoms with Gasteiger partial charge in [0.05, 0.1) is 26.7 Å². The van der Waals surface area contributed by atoms with Gasteiger partial charge in [-0.2, -0.15) is 0 Å². The highest BCUT2D eigenvalue weighted by molar-refractivity contribution is 5.71. The molecule has 3 aromatic carbocycles. The predicted octanol–water partition coefficient (Wildman–Crippen LogP) is 6.47. The molecule has 1 heterocycles. The van der Waals surface area contributed by atoms with E-state index >= 15 is 4.39 Å². The predicted molar refractivity (Wildman–Crippen MR) is 149 cm³/mol. The number of aliphatic hydroxyl groups is 1. The SMILES string of the molecule is COC(=O)C[C@@H](O)c1cccc(OCc2ccc(-c3cc(OC)ccc3F)c(C3N(C)CCCC3(C)C)c2)c1. The minimum absolute atomic E-state index is 0.0132. The molecule has 3 aromatic rings. The highest BCUT2D eigenvalue weighted by Crippen LogP contribution is 2.48. The van der Waals surface area contributed by atoms with E-state index in [-0.39, 0.29) is 23.7 Å². The number of halogens is 1. The zero-order valence-corrected chi connectivity index (χ0v) is 23.4. The first-order chi connectivity index (χ1) is 18.6.